The van der Waals surface area contributed by atoms with E-state index in [0.29, 0.717) is 22.7 Å². The van der Waals surface area contributed by atoms with Crippen LogP contribution in [0.3, 0.4) is 0 Å². The van der Waals surface area contributed by atoms with Gasteiger partial charge in [-0.3, -0.25) is 9.59 Å². The van der Waals surface area contributed by atoms with Crippen molar-refractivity contribution < 1.29 is 18.4 Å². The van der Waals surface area contributed by atoms with E-state index in [0.717, 1.165) is 5.69 Å². The third kappa shape index (κ3) is 5.18. The fraction of sp³-hybridized carbons (Fsp3) is 0.105. The van der Waals surface area contributed by atoms with Crippen molar-refractivity contribution >= 4 is 28.8 Å². The zero-order chi connectivity index (χ0) is 19.2. The second-order valence-electron chi connectivity index (χ2n) is 5.62. The fourth-order valence-electron chi connectivity index (χ4n) is 2.28. The molecule has 0 saturated carbocycles. The lowest BCUT2D eigenvalue weighted by Gasteiger charge is -2.05. The highest BCUT2D eigenvalue weighted by Crippen LogP contribution is 2.24. The Balaban J connectivity index is 1.48. The molecule has 0 spiro atoms. The highest BCUT2D eigenvalue weighted by molar-refractivity contribution is 7.13. The van der Waals surface area contributed by atoms with Crippen LogP contribution in [0.4, 0.5) is 14.5 Å². The average molecular weight is 387 g/mol. The third-order valence-corrected chi connectivity index (χ3v) is 4.54. The van der Waals surface area contributed by atoms with Gasteiger partial charge in [0, 0.05) is 29.6 Å². The number of rotatable bonds is 5. The molecule has 0 radical (unpaired) electrons. The number of hydrogen-bond donors (Lipinski definition) is 2. The Morgan fingerprint density at radius 1 is 1.00 bits per heavy atom. The molecule has 0 fully saturated rings. The molecule has 3 aromatic rings. The van der Waals surface area contributed by atoms with E-state index in [2.05, 4.69) is 15.6 Å². The smallest absolute Gasteiger partial charge is 0.313 e. The number of carbonyl (C=O) groups excluding carboxylic acids is 2. The van der Waals surface area contributed by atoms with Gasteiger partial charge in [0.05, 0.1) is 5.69 Å². The lowest BCUT2D eigenvalue weighted by molar-refractivity contribution is -0.136. The van der Waals surface area contributed by atoms with Crippen LogP contribution in [0.25, 0.3) is 10.6 Å². The first kappa shape index (κ1) is 18.7. The van der Waals surface area contributed by atoms with Crippen molar-refractivity contribution in [2.75, 3.05) is 11.9 Å². The Bertz CT molecular complexity index is 958. The molecule has 3 rings (SSSR count). The van der Waals surface area contributed by atoms with Crippen LogP contribution >= 0.6 is 11.3 Å². The zero-order valence-electron chi connectivity index (χ0n) is 14.0. The molecule has 2 amide bonds. The van der Waals surface area contributed by atoms with Crippen molar-refractivity contribution in [3.05, 3.63) is 71.2 Å². The minimum Gasteiger partial charge on any atom is -0.347 e. The first-order valence-electron chi connectivity index (χ1n) is 8.06. The predicted molar refractivity (Wildman–Crippen MR) is 99.3 cm³/mol. The SMILES string of the molecule is O=C(NCCc1csc(-c2cccc(F)c2)n1)C(=O)Nc1ccc(F)cc1. The van der Waals surface area contributed by atoms with E-state index in [9.17, 15) is 18.4 Å². The van der Waals surface area contributed by atoms with E-state index < -0.39 is 17.6 Å². The van der Waals surface area contributed by atoms with E-state index in [1.165, 1.54) is 47.7 Å². The van der Waals surface area contributed by atoms with Crippen molar-refractivity contribution in [2.45, 2.75) is 6.42 Å². The summed E-state index contributed by atoms with van der Waals surface area (Å²) >= 11 is 1.38. The van der Waals surface area contributed by atoms with Gasteiger partial charge in [-0.15, -0.1) is 11.3 Å². The van der Waals surface area contributed by atoms with Crippen molar-refractivity contribution in [3.8, 4) is 10.6 Å². The summed E-state index contributed by atoms with van der Waals surface area (Å²) in [6.07, 6.45) is 0.432. The summed E-state index contributed by atoms with van der Waals surface area (Å²) in [6.45, 7) is 0.224. The lowest BCUT2D eigenvalue weighted by atomic mass is 10.2. The van der Waals surface area contributed by atoms with Crippen LogP contribution in [0, 0.1) is 11.6 Å². The maximum atomic E-state index is 13.3. The predicted octanol–water partition coefficient (Wildman–Crippen LogP) is 3.39. The molecule has 2 N–H and O–H groups in total. The number of hydrogen-bond acceptors (Lipinski definition) is 4. The van der Waals surface area contributed by atoms with Gasteiger partial charge in [-0.25, -0.2) is 13.8 Å². The number of halogens is 2. The van der Waals surface area contributed by atoms with Gasteiger partial charge in [-0.2, -0.15) is 0 Å². The Kier molecular flexibility index (Phi) is 5.87. The molecule has 0 atom stereocenters. The Labute approximate surface area is 158 Å². The standard InChI is InChI=1S/C19H15F2N3O2S/c20-13-4-6-15(7-5-13)23-18(26)17(25)22-9-8-16-11-27-19(24-16)12-2-1-3-14(21)10-12/h1-7,10-11H,8-9H2,(H,22,25)(H,23,26). The summed E-state index contributed by atoms with van der Waals surface area (Å²) in [5.41, 5.74) is 1.75. The van der Waals surface area contributed by atoms with Crippen LogP contribution < -0.4 is 10.6 Å². The maximum Gasteiger partial charge on any atom is 0.313 e. The zero-order valence-corrected chi connectivity index (χ0v) is 14.9. The molecular formula is C19H15F2N3O2S. The molecule has 27 heavy (non-hydrogen) atoms. The summed E-state index contributed by atoms with van der Waals surface area (Å²) in [6, 6.07) is 11.3. The van der Waals surface area contributed by atoms with Gasteiger partial charge in [0.25, 0.3) is 0 Å². The number of aromatic nitrogens is 1. The quantitative estimate of drug-likeness (QED) is 0.660. The van der Waals surface area contributed by atoms with Gasteiger partial charge in [-0.1, -0.05) is 12.1 Å². The lowest BCUT2D eigenvalue weighted by Crippen LogP contribution is -2.36. The van der Waals surface area contributed by atoms with E-state index in [1.54, 1.807) is 12.1 Å². The Morgan fingerprint density at radius 2 is 1.78 bits per heavy atom. The van der Waals surface area contributed by atoms with Crippen molar-refractivity contribution in [3.63, 3.8) is 0 Å². The number of nitrogens with zero attached hydrogens (tertiary/aromatic N) is 1. The Morgan fingerprint density at radius 3 is 2.52 bits per heavy atom. The summed E-state index contributed by atoms with van der Waals surface area (Å²) < 4.78 is 26.1. The number of carbonyl (C=O) groups is 2. The molecule has 1 heterocycles. The molecule has 0 unspecified atom stereocenters. The molecule has 0 aliphatic carbocycles. The molecular weight excluding hydrogens is 372 g/mol. The second-order valence-corrected chi connectivity index (χ2v) is 6.48. The number of benzene rings is 2. The topological polar surface area (TPSA) is 71.1 Å². The molecule has 0 aliphatic heterocycles. The monoisotopic (exact) mass is 387 g/mol. The molecule has 1 aromatic heterocycles. The minimum absolute atomic E-state index is 0.224. The summed E-state index contributed by atoms with van der Waals surface area (Å²) in [5, 5.41) is 7.39. The van der Waals surface area contributed by atoms with E-state index in [4.69, 9.17) is 0 Å². The second kappa shape index (κ2) is 8.50. The normalized spacial score (nSPS) is 10.4. The molecule has 5 nitrogen and oxygen atoms in total. The number of nitrogens with one attached hydrogen (secondary N) is 2. The van der Waals surface area contributed by atoms with Crippen LogP contribution in [-0.2, 0) is 16.0 Å². The number of amides is 2. The number of anilines is 1. The van der Waals surface area contributed by atoms with Gasteiger partial charge in [0.1, 0.15) is 16.6 Å². The fourth-order valence-corrected chi connectivity index (χ4v) is 3.13. The van der Waals surface area contributed by atoms with Crippen LogP contribution in [0.5, 0.6) is 0 Å². The van der Waals surface area contributed by atoms with Crippen molar-refractivity contribution in [1.29, 1.82) is 0 Å². The van der Waals surface area contributed by atoms with Crippen LogP contribution in [-0.4, -0.2) is 23.3 Å². The largest absolute Gasteiger partial charge is 0.347 e. The van der Waals surface area contributed by atoms with Crippen molar-refractivity contribution in [2.24, 2.45) is 0 Å². The van der Waals surface area contributed by atoms with E-state index >= 15 is 0 Å². The molecule has 2 aromatic carbocycles. The van der Waals surface area contributed by atoms with Gasteiger partial charge < -0.3 is 10.6 Å². The first-order chi connectivity index (χ1) is 13.0. The van der Waals surface area contributed by atoms with Crippen molar-refractivity contribution in [1.82, 2.24) is 10.3 Å². The van der Waals surface area contributed by atoms with E-state index in [1.807, 2.05) is 5.38 Å². The van der Waals surface area contributed by atoms with Gasteiger partial charge in [0.15, 0.2) is 0 Å². The van der Waals surface area contributed by atoms with Crippen LogP contribution in [0.15, 0.2) is 53.9 Å². The maximum absolute atomic E-state index is 13.3. The molecule has 8 heteroatoms. The van der Waals surface area contributed by atoms with Crippen LogP contribution in [0.1, 0.15) is 5.69 Å². The summed E-state index contributed by atoms with van der Waals surface area (Å²) in [7, 11) is 0. The van der Waals surface area contributed by atoms with Gasteiger partial charge in [0.2, 0.25) is 0 Å². The minimum atomic E-state index is -0.833. The first-order valence-corrected chi connectivity index (χ1v) is 8.94. The number of thiazole rings is 1. The third-order valence-electron chi connectivity index (χ3n) is 3.60. The van der Waals surface area contributed by atoms with Crippen LogP contribution in [0.2, 0.25) is 0 Å². The summed E-state index contributed by atoms with van der Waals surface area (Å²) in [4.78, 5) is 28.0. The Hall–Kier alpha value is -3.13. The highest BCUT2D eigenvalue weighted by atomic mass is 32.1. The van der Waals surface area contributed by atoms with Gasteiger partial charge >= 0.3 is 11.8 Å². The van der Waals surface area contributed by atoms with Gasteiger partial charge in [-0.05, 0) is 36.4 Å². The molecule has 0 aliphatic rings. The summed E-state index contributed by atoms with van der Waals surface area (Å²) in [5.74, 6) is -2.39. The highest BCUT2D eigenvalue weighted by Gasteiger charge is 2.13. The molecule has 138 valence electrons. The molecule has 0 saturated heterocycles. The average Bonchev–Trinajstić information content (AvgIpc) is 3.12. The van der Waals surface area contributed by atoms with E-state index in [-0.39, 0.29) is 12.4 Å². The molecule has 0 bridgehead atoms.